The van der Waals surface area contributed by atoms with Crippen molar-refractivity contribution in [2.45, 2.75) is 13.2 Å². The number of nitrogens with zero attached hydrogens (tertiary/aromatic N) is 3. The average Bonchev–Trinajstić information content (AvgIpc) is 3.09. The van der Waals surface area contributed by atoms with Crippen LogP contribution < -0.4 is 0 Å². The fraction of sp³-hybridized carbons (Fsp3) is 0.143. The van der Waals surface area contributed by atoms with E-state index in [0.717, 1.165) is 0 Å². The minimum atomic E-state index is -0.307. The van der Waals surface area contributed by atoms with Crippen LogP contribution in [0.4, 0.5) is 4.39 Å². The molecule has 0 aliphatic heterocycles. The summed E-state index contributed by atoms with van der Waals surface area (Å²) in [4.78, 5) is 0. The van der Waals surface area contributed by atoms with Crippen molar-refractivity contribution >= 4 is 0 Å². The number of hydrogen-bond acceptors (Lipinski definition) is 4. The zero-order chi connectivity index (χ0) is 13.9. The van der Waals surface area contributed by atoms with Gasteiger partial charge in [0.25, 0.3) is 0 Å². The third-order valence-electron chi connectivity index (χ3n) is 2.99. The second-order valence-electron chi connectivity index (χ2n) is 4.27. The average molecular weight is 273 g/mol. The highest BCUT2D eigenvalue weighted by atomic mass is 19.1. The SMILES string of the molecule is OCc1nnn(Cc2ccccc2F)c1-c1ccco1. The minimum Gasteiger partial charge on any atom is -0.463 e. The lowest BCUT2D eigenvalue weighted by Crippen LogP contribution is -2.06. The number of aliphatic hydroxyl groups is 1. The third-order valence-corrected chi connectivity index (χ3v) is 2.99. The van der Waals surface area contributed by atoms with Gasteiger partial charge in [0.1, 0.15) is 17.2 Å². The highest BCUT2D eigenvalue weighted by Gasteiger charge is 2.17. The lowest BCUT2D eigenvalue weighted by atomic mass is 10.2. The highest BCUT2D eigenvalue weighted by molar-refractivity contribution is 5.55. The van der Waals surface area contributed by atoms with E-state index in [-0.39, 0.29) is 19.0 Å². The van der Waals surface area contributed by atoms with Gasteiger partial charge in [0.05, 0.1) is 19.4 Å². The molecular weight excluding hydrogens is 261 g/mol. The molecule has 1 N–H and O–H groups in total. The van der Waals surface area contributed by atoms with E-state index in [1.165, 1.54) is 17.0 Å². The fourth-order valence-corrected chi connectivity index (χ4v) is 2.04. The molecule has 6 heteroatoms. The van der Waals surface area contributed by atoms with Gasteiger partial charge in [-0.1, -0.05) is 23.4 Å². The lowest BCUT2D eigenvalue weighted by molar-refractivity contribution is 0.277. The number of halogens is 1. The summed E-state index contributed by atoms with van der Waals surface area (Å²) in [6.45, 7) is -0.0387. The van der Waals surface area contributed by atoms with Crippen molar-refractivity contribution in [3.05, 3.63) is 59.7 Å². The first-order chi connectivity index (χ1) is 9.79. The molecule has 3 rings (SSSR count). The molecule has 2 heterocycles. The van der Waals surface area contributed by atoms with Crippen LogP contribution in [0.2, 0.25) is 0 Å². The van der Waals surface area contributed by atoms with Crippen LogP contribution in [0.25, 0.3) is 11.5 Å². The van der Waals surface area contributed by atoms with Gasteiger partial charge in [-0.3, -0.25) is 0 Å². The molecule has 0 saturated carbocycles. The van der Waals surface area contributed by atoms with E-state index in [1.807, 2.05) is 0 Å². The van der Waals surface area contributed by atoms with Gasteiger partial charge in [-0.25, -0.2) is 9.07 Å². The summed E-state index contributed by atoms with van der Waals surface area (Å²) in [5, 5.41) is 17.2. The van der Waals surface area contributed by atoms with Gasteiger partial charge >= 0.3 is 0 Å². The van der Waals surface area contributed by atoms with Gasteiger partial charge in [-0.05, 0) is 18.2 Å². The normalized spacial score (nSPS) is 10.9. The van der Waals surface area contributed by atoms with Crippen LogP contribution in [0.5, 0.6) is 0 Å². The van der Waals surface area contributed by atoms with Crippen molar-refractivity contribution in [2.75, 3.05) is 0 Å². The number of rotatable bonds is 4. The zero-order valence-electron chi connectivity index (χ0n) is 10.5. The molecule has 0 radical (unpaired) electrons. The summed E-state index contributed by atoms with van der Waals surface area (Å²) >= 11 is 0. The number of benzene rings is 1. The Kier molecular flexibility index (Phi) is 3.30. The molecule has 2 aromatic heterocycles. The largest absolute Gasteiger partial charge is 0.463 e. The van der Waals surface area contributed by atoms with Gasteiger partial charge in [-0.2, -0.15) is 0 Å². The molecule has 0 aliphatic carbocycles. The van der Waals surface area contributed by atoms with E-state index >= 15 is 0 Å². The van der Waals surface area contributed by atoms with Crippen LogP contribution in [0.1, 0.15) is 11.3 Å². The van der Waals surface area contributed by atoms with Crippen molar-refractivity contribution in [1.29, 1.82) is 0 Å². The Balaban J connectivity index is 2.03. The molecule has 102 valence electrons. The monoisotopic (exact) mass is 273 g/mol. The Morgan fingerprint density at radius 1 is 1.20 bits per heavy atom. The van der Waals surface area contributed by atoms with Gasteiger partial charge in [-0.15, -0.1) is 5.10 Å². The molecular formula is C14H12FN3O2. The van der Waals surface area contributed by atoms with Crippen molar-refractivity contribution in [3.8, 4) is 11.5 Å². The molecule has 1 aromatic carbocycles. The standard InChI is InChI=1S/C14H12FN3O2/c15-11-5-2-1-4-10(11)8-18-14(12(9-19)16-17-18)13-6-3-7-20-13/h1-7,19H,8-9H2. The van der Waals surface area contributed by atoms with E-state index < -0.39 is 0 Å². The quantitative estimate of drug-likeness (QED) is 0.791. The molecule has 3 aromatic rings. The van der Waals surface area contributed by atoms with Crippen LogP contribution >= 0.6 is 0 Å². The maximum atomic E-state index is 13.7. The first-order valence-electron chi connectivity index (χ1n) is 6.10. The van der Waals surface area contributed by atoms with Crippen molar-refractivity contribution < 1.29 is 13.9 Å². The summed E-state index contributed by atoms with van der Waals surface area (Å²) in [7, 11) is 0. The Morgan fingerprint density at radius 3 is 2.75 bits per heavy atom. The Morgan fingerprint density at radius 2 is 2.05 bits per heavy atom. The second kappa shape index (κ2) is 5.26. The van der Waals surface area contributed by atoms with Crippen LogP contribution in [-0.2, 0) is 13.2 Å². The van der Waals surface area contributed by atoms with Gasteiger partial charge in [0.2, 0.25) is 0 Å². The first-order valence-corrected chi connectivity index (χ1v) is 6.10. The van der Waals surface area contributed by atoms with Crippen molar-refractivity contribution in [1.82, 2.24) is 15.0 Å². The Bertz CT molecular complexity index is 707. The molecule has 0 spiro atoms. The van der Waals surface area contributed by atoms with Crippen molar-refractivity contribution in [3.63, 3.8) is 0 Å². The zero-order valence-corrected chi connectivity index (χ0v) is 10.5. The summed E-state index contributed by atoms with van der Waals surface area (Å²) in [5.74, 6) is 0.231. The van der Waals surface area contributed by atoms with Crippen LogP contribution in [-0.4, -0.2) is 20.1 Å². The van der Waals surface area contributed by atoms with Crippen LogP contribution in [0.15, 0.2) is 47.1 Å². The van der Waals surface area contributed by atoms with E-state index in [0.29, 0.717) is 22.7 Å². The second-order valence-corrected chi connectivity index (χ2v) is 4.27. The molecule has 0 bridgehead atoms. The molecule has 0 amide bonds. The van der Waals surface area contributed by atoms with E-state index in [1.54, 1.807) is 30.3 Å². The number of hydrogen-bond donors (Lipinski definition) is 1. The number of aromatic nitrogens is 3. The van der Waals surface area contributed by atoms with Crippen LogP contribution in [0.3, 0.4) is 0 Å². The molecule has 0 fully saturated rings. The van der Waals surface area contributed by atoms with Crippen LogP contribution in [0, 0.1) is 5.82 Å². The van der Waals surface area contributed by atoms with Gasteiger partial charge in [0.15, 0.2) is 5.76 Å². The topological polar surface area (TPSA) is 64.1 Å². The molecule has 0 saturated heterocycles. The van der Waals surface area contributed by atoms with E-state index in [9.17, 15) is 9.50 Å². The smallest absolute Gasteiger partial charge is 0.153 e. The minimum absolute atomic E-state index is 0.218. The van der Waals surface area contributed by atoms with Gasteiger partial charge in [0, 0.05) is 5.56 Å². The summed E-state index contributed by atoms with van der Waals surface area (Å²) in [6.07, 6.45) is 1.52. The molecule has 0 atom stereocenters. The van der Waals surface area contributed by atoms with E-state index in [2.05, 4.69) is 10.3 Å². The van der Waals surface area contributed by atoms with Crippen molar-refractivity contribution in [2.24, 2.45) is 0 Å². The number of furan rings is 1. The first kappa shape index (κ1) is 12.6. The Labute approximate surface area is 114 Å². The molecule has 20 heavy (non-hydrogen) atoms. The molecule has 0 aliphatic rings. The Hall–Kier alpha value is -2.47. The maximum Gasteiger partial charge on any atom is 0.153 e. The molecule has 5 nitrogen and oxygen atoms in total. The number of aliphatic hydroxyl groups excluding tert-OH is 1. The lowest BCUT2D eigenvalue weighted by Gasteiger charge is -2.06. The third kappa shape index (κ3) is 2.21. The van der Waals surface area contributed by atoms with E-state index in [4.69, 9.17) is 4.42 Å². The van der Waals surface area contributed by atoms with Gasteiger partial charge < -0.3 is 9.52 Å². The summed E-state index contributed by atoms with van der Waals surface area (Å²) < 4.78 is 20.5. The highest BCUT2D eigenvalue weighted by Crippen LogP contribution is 2.24. The summed E-state index contributed by atoms with van der Waals surface area (Å²) in [6, 6.07) is 9.95. The predicted octanol–water partition coefficient (Wildman–Crippen LogP) is 2.22. The maximum absolute atomic E-state index is 13.7. The molecule has 0 unspecified atom stereocenters. The predicted molar refractivity (Wildman–Crippen MR) is 69.1 cm³/mol. The fourth-order valence-electron chi connectivity index (χ4n) is 2.04. The summed E-state index contributed by atoms with van der Waals surface area (Å²) in [5.41, 5.74) is 1.45.